The van der Waals surface area contributed by atoms with Crippen LogP contribution in [0.5, 0.6) is 0 Å². The summed E-state index contributed by atoms with van der Waals surface area (Å²) >= 11 is 0. The molecule has 0 heterocycles. The predicted octanol–water partition coefficient (Wildman–Crippen LogP) is 19.6. The van der Waals surface area contributed by atoms with Crippen molar-refractivity contribution < 1.29 is 24.5 Å². The minimum Gasteiger partial charge on any atom is -0.466 e. The van der Waals surface area contributed by atoms with Gasteiger partial charge in [-0.05, 0) is 83.5 Å². The van der Waals surface area contributed by atoms with Crippen molar-refractivity contribution in [1.29, 1.82) is 0 Å². The summed E-state index contributed by atoms with van der Waals surface area (Å²) in [4.78, 5) is 24.5. The molecule has 0 aromatic carbocycles. The first-order chi connectivity index (χ1) is 34.5. The van der Waals surface area contributed by atoms with Gasteiger partial charge in [0.25, 0.3) is 0 Å². The van der Waals surface area contributed by atoms with E-state index < -0.39 is 12.1 Å². The molecule has 2 unspecified atom stereocenters. The van der Waals surface area contributed by atoms with Crippen LogP contribution in [0.1, 0.15) is 335 Å². The van der Waals surface area contributed by atoms with Crippen LogP contribution >= 0.6 is 0 Å². The third-order valence-electron chi connectivity index (χ3n) is 14.4. The number of aliphatic hydroxyl groups is 2. The molecule has 6 nitrogen and oxygen atoms in total. The number of carbonyl (C=O) groups is 2. The highest BCUT2D eigenvalue weighted by molar-refractivity contribution is 5.76. The number of rotatable bonds is 58. The standard InChI is InChI=1S/C64H121NO5/c1-3-5-7-9-11-13-15-17-19-20-23-27-30-34-38-42-46-50-54-58-64(69)70-59-55-51-47-43-39-35-31-28-25-22-21-24-26-29-33-37-41-45-49-53-57-63(68)65-61(60-66)62(67)56-52-48-44-40-36-32-18-16-14-12-10-8-6-4-2/h17,19,21,24,52,56,61-62,66-67H,3-16,18,20,22-23,25-51,53-55,57-60H2,1-2H3,(H,65,68)/b19-17-,24-21-,56-52+. The summed E-state index contributed by atoms with van der Waals surface area (Å²) in [7, 11) is 0. The van der Waals surface area contributed by atoms with Crippen molar-refractivity contribution in [3.8, 4) is 0 Å². The van der Waals surface area contributed by atoms with Crippen LogP contribution in [0.2, 0.25) is 0 Å². The van der Waals surface area contributed by atoms with Crippen molar-refractivity contribution in [3.63, 3.8) is 0 Å². The molecule has 0 aromatic rings. The summed E-state index contributed by atoms with van der Waals surface area (Å²) in [6.07, 6.45) is 74.7. The molecule has 0 saturated carbocycles. The molecule has 0 radical (unpaired) electrons. The highest BCUT2D eigenvalue weighted by Gasteiger charge is 2.18. The first-order valence-corrected chi connectivity index (χ1v) is 31.3. The molecule has 1 amide bonds. The van der Waals surface area contributed by atoms with E-state index >= 15 is 0 Å². The van der Waals surface area contributed by atoms with E-state index in [1.165, 1.54) is 257 Å². The maximum absolute atomic E-state index is 12.5. The van der Waals surface area contributed by atoms with Crippen LogP contribution in [0.4, 0.5) is 0 Å². The summed E-state index contributed by atoms with van der Waals surface area (Å²) < 4.78 is 5.49. The number of unbranched alkanes of at least 4 members (excludes halogenated alkanes) is 43. The third kappa shape index (κ3) is 55.4. The number of carbonyl (C=O) groups excluding carboxylic acids is 2. The largest absolute Gasteiger partial charge is 0.466 e. The second kappa shape index (κ2) is 59.6. The molecule has 0 bridgehead atoms. The van der Waals surface area contributed by atoms with E-state index in [2.05, 4.69) is 43.5 Å². The summed E-state index contributed by atoms with van der Waals surface area (Å²) in [6, 6.07) is -0.634. The molecule has 0 rings (SSSR count). The Morgan fingerprint density at radius 2 is 0.671 bits per heavy atom. The number of nitrogens with one attached hydrogen (secondary N) is 1. The molecule has 6 heteroatoms. The number of amides is 1. The number of esters is 1. The van der Waals surface area contributed by atoms with Gasteiger partial charge in [0, 0.05) is 12.8 Å². The Bertz CT molecular complexity index is 1130. The average Bonchev–Trinajstić information content (AvgIpc) is 3.36. The molecule has 0 aliphatic carbocycles. The zero-order valence-electron chi connectivity index (χ0n) is 47.0. The maximum atomic E-state index is 12.5. The first kappa shape index (κ1) is 68.1. The van der Waals surface area contributed by atoms with Gasteiger partial charge in [-0.1, -0.05) is 275 Å². The summed E-state index contributed by atoms with van der Waals surface area (Å²) in [5.41, 5.74) is 0. The van der Waals surface area contributed by atoms with Gasteiger partial charge in [-0.25, -0.2) is 0 Å². The van der Waals surface area contributed by atoms with Gasteiger partial charge in [0.05, 0.1) is 25.4 Å². The molecule has 412 valence electrons. The Labute approximate surface area is 436 Å². The molecule has 3 N–H and O–H groups in total. The van der Waals surface area contributed by atoms with Crippen LogP contribution in [0.3, 0.4) is 0 Å². The van der Waals surface area contributed by atoms with Gasteiger partial charge < -0.3 is 20.3 Å². The lowest BCUT2D eigenvalue weighted by atomic mass is 10.0. The third-order valence-corrected chi connectivity index (χ3v) is 14.4. The lowest BCUT2D eigenvalue weighted by Gasteiger charge is -2.20. The van der Waals surface area contributed by atoms with Crippen LogP contribution in [0.15, 0.2) is 36.5 Å². The molecule has 0 aliphatic rings. The van der Waals surface area contributed by atoms with Crippen molar-refractivity contribution >= 4 is 11.9 Å². The fraction of sp³-hybridized carbons (Fsp3) is 0.875. The van der Waals surface area contributed by atoms with E-state index in [4.69, 9.17) is 4.74 Å². The Balaban J connectivity index is 3.43. The molecule has 0 fully saturated rings. The van der Waals surface area contributed by atoms with Gasteiger partial charge in [0.15, 0.2) is 0 Å². The Morgan fingerprint density at radius 3 is 1.01 bits per heavy atom. The monoisotopic (exact) mass is 984 g/mol. The number of aliphatic hydroxyl groups excluding tert-OH is 2. The molecule has 0 saturated heterocycles. The second-order valence-electron chi connectivity index (χ2n) is 21.4. The molecule has 70 heavy (non-hydrogen) atoms. The molecular weight excluding hydrogens is 863 g/mol. The van der Waals surface area contributed by atoms with E-state index in [1.807, 2.05) is 6.08 Å². The molecular formula is C64H121NO5. The Hall–Kier alpha value is -1.92. The van der Waals surface area contributed by atoms with Crippen molar-refractivity contribution in [3.05, 3.63) is 36.5 Å². The van der Waals surface area contributed by atoms with Crippen LogP contribution < -0.4 is 5.32 Å². The van der Waals surface area contributed by atoms with E-state index in [9.17, 15) is 19.8 Å². The van der Waals surface area contributed by atoms with Gasteiger partial charge in [-0.2, -0.15) is 0 Å². The van der Waals surface area contributed by atoms with E-state index in [1.54, 1.807) is 6.08 Å². The quantitative estimate of drug-likeness (QED) is 0.0321. The van der Waals surface area contributed by atoms with Crippen molar-refractivity contribution in [1.82, 2.24) is 5.32 Å². The summed E-state index contributed by atoms with van der Waals surface area (Å²) in [5, 5.41) is 23.1. The SMILES string of the molecule is CCCCCCCC/C=C\CCCCCCCCCCCC(=O)OCCCCCCCCCCC/C=C\CCCCCCCCCC(=O)NC(CO)C(O)/C=C/CCCCCCCCCCCCCC. The minimum atomic E-state index is -0.850. The normalized spacial score (nSPS) is 12.8. The second-order valence-corrected chi connectivity index (χ2v) is 21.4. The average molecular weight is 985 g/mol. The predicted molar refractivity (Wildman–Crippen MR) is 306 cm³/mol. The smallest absolute Gasteiger partial charge is 0.305 e. The zero-order valence-corrected chi connectivity index (χ0v) is 47.0. The lowest BCUT2D eigenvalue weighted by molar-refractivity contribution is -0.143. The fourth-order valence-corrected chi connectivity index (χ4v) is 9.57. The van der Waals surface area contributed by atoms with Gasteiger partial charge in [0.2, 0.25) is 5.91 Å². The molecule has 2 atom stereocenters. The number of ether oxygens (including phenoxy) is 1. The van der Waals surface area contributed by atoms with Crippen molar-refractivity contribution in [2.45, 2.75) is 347 Å². The van der Waals surface area contributed by atoms with E-state index in [0.29, 0.717) is 19.4 Å². The van der Waals surface area contributed by atoms with E-state index in [-0.39, 0.29) is 18.5 Å². The van der Waals surface area contributed by atoms with Crippen LogP contribution in [-0.4, -0.2) is 47.4 Å². The summed E-state index contributed by atoms with van der Waals surface area (Å²) in [6.45, 7) is 4.90. The van der Waals surface area contributed by atoms with Gasteiger partial charge >= 0.3 is 5.97 Å². The fourth-order valence-electron chi connectivity index (χ4n) is 9.57. The van der Waals surface area contributed by atoms with Crippen LogP contribution in [-0.2, 0) is 14.3 Å². The highest BCUT2D eigenvalue weighted by atomic mass is 16.5. The maximum Gasteiger partial charge on any atom is 0.305 e. The molecule has 0 aliphatic heterocycles. The van der Waals surface area contributed by atoms with Gasteiger partial charge in [0.1, 0.15) is 0 Å². The van der Waals surface area contributed by atoms with Crippen molar-refractivity contribution in [2.24, 2.45) is 0 Å². The van der Waals surface area contributed by atoms with E-state index in [0.717, 1.165) is 51.4 Å². The van der Waals surface area contributed by atoms with Gasteiger partial charge in [-0.3, -0.25) is 9.59 Å². The Morgan fingerprint density at radius 1 is 0.386 bits per heavy atom. The zero-order chi connectivity index (χ0) is 50.7. The van der Waals surface area contributed by atoms with Crippen molar-refractivity contribution in [2.75, 3.05) is 13.2 Å². The van der Waals surface area contributed by atoms with Gasteiger partial charge in [-0.15, -0.1) is 0 Å². The topological polar surface area (TPSA) is 95.9 Å². The Kier molecular flexibility index (Phi) is 58.0. The summed E-state index contributed by atoms with van der Waals surface area (Å²) in [5.74, 6) is -0.0709. The lowest BCUT2D eigenvalue weighted by Crippen LogP contribution is -2.45. The molecule has 0 aromatic heterocycles. The minimum absolute atomic E-state index is 0.00515. The first-order valence-electron chi connectivity index (χ1n) is 31.3. The number of allylic oxidation sites excluding steroid dienone is 5. The van der Waals surface area contributed by atoms with Crippen LogP contribution in [0.25, 0.3) is 0 Å². The molecule has 0 spiro atoms. The number of hydrogen-bond acceptors (Lipinski definition) is 5. The highest BCUT2D eigenvalue weighted by Crippen LogP contribution is 2.17. The number of hydrogen-bond donors (Lipinski definition) is 3. The van der Waals surface area contributed by atoms with Crippen LogP contribution in [0, 0.1) is 0 Å².